The molecule has 0 aliphatic carbocycles. The molecule has 0 radical (unpaired) electrons. The quantitative estimate of drug-likeness (QED) is 0.618. The van der Waals surface area contributed by atoms with Gasteiger partial charge in [-0.25, -0.2) is 0 Å². The summed E-state index contributed by atoms with van der Waals surface area (Å²) < 4.78 is 17.4. The van der Waals surface area contributed by atoms with Gasteiger partial charge in [0.2, 0.25) is 0 Å². The Kier molecular flexibility index (Phi) is 3.80. The van der Waals surface area contributed by atoms with E-state index in [1.807, 2.05) is 45.1 Å². The van der Waals surface area contributed by atoms with Crippen LogP contribution in [0.2, 0.25) is 0 Å². The summed E-state index contributed by atoms with van der Waals surface area (Å²) in [6.07, 6.45) is 0.267. The maximum atomic E-state index is 12.2. The van der Waals surface area contributed by atoms with Gasteiger partial charge in [0.25, 0.3) is 0 Å². The first-order valence-corrected chi connectivity index (χ1v) is 7.56. The van der Waals surface area contributed by atoms with E-state index in [-0.39, 0.29) is 36.5 Å². The SMILES string of the molecule is B[C@@H]1O[C@]2(CC(=O)OCc3ccccc3)C(C)[C@@H]1O[C@@H]2C. The average molecular weight is 288 g/mol. The van der Waals surface area contributed by atoms with Crippen molar-refractivity contribution in [2.75, 3.05) is 0 Å². The predicted octanol–water partition coefficient (Wildman–Crippen LogP) is 1.27. The molecule has 1 aromatic carbocycles. The van der Waals surface area contributed by atoms with E-state index in [2.05, 4.69) is 6.92 Å². The normalized spacial score (nSPS) is 37.6. The van der Waals surface area contributed by atoms with Gasteiger partial charge in [-0.1, -0.05) is 37.3 Å². The van der Waals surface area contributed by atoms with Crippen molar-refractivity contribution < 1.29 is 19.0 Å². The summed E-state index contributed by atoms with van der Waals surface area (Å²) in [5.41, 5.74) is 0.461. The monoisotopic (exact) mass is 288 g/mol. The molecule has 1 aromatic rings. The molecule has 1 unspecified atom stereocenters. The molecule has 3 rings (SSSR count). The second-order valence-electron chi connectivity index (χ2n) is 6.13. The van der Waals surface area contributed by atoms with Crippen molar-refractivity contribution in [3.63, 3.8) is 0 Å². The first-order chi connectivity index (χ1) is 10.0. The fraction of sp³-hybridized carbons (Fsp3) is 0.562. The molecule has 2 aliphatic rings. The average Bonchev–Trinajstić information content (AvgIpc) is 2.84. The minimum atomic E-state index is -0.530. The number of carbonyl (C=O) groups is 1. The van der Waals surface area contributed by atoms with E-state index in [4.69, 9.17) is 14.2 Å². The van der Waals surface area contributed by atoms with Gasteiger partial charge in [0.1, 0.15) is 20.1 Å². The van der Waals surface area contributed by atoms with Crippen LogP contribution >= 0.6 is 0 Å². The first-order valence-electron chi connectivity index (χ1n) is 7.56. The molecule has 2 aliphatic heterocycles. The van der Waals surface area contributed by atoms with Gasteiger partial charge in [-0.15, -0.1) is 0 Å². The number of carbonyl (C=O) groups excluding carboxylic acids is 1. The van der Waals surface area contributed by atoms with Crippen molar-refractivity contribution in [3.8, 4) is 0 Å². The maximum Gasteiger partial charge on any atom is 0.309 e. The third-order valence-corrected chi connectivity index (χ3v) is 4.84. The molecular weight excluding hydrogens is 267 g/mol. The van der Waals surface area contributed by atoms with Crippen molar-refractivity contribution >= 4 is 13.8 Å². The third kappa shape index (κ3) is 2.49. The first kappa shape index (κ1) is 14.6. The highest BCUT2D eigenvalue weighted by Gasteiger charge is 2.62. The topological polar surface area (TPSA) is 44.8 Å². The Hall–Kier alpha value is -1.33. The van der Waals surface area contributed by atoms with Crippen molar-refractivity contribution in [1.29, 1.82) is 0 Å². The van der Waals surface area contributed by atoms with Gasteiger partial charge in [-0.2, -0.15) is 0 Å². The molecule has 0 saturated carbocycles. The summed E-state index contributed by atoms with van der Waals surface area (Å²) in [6, 6.07) is 9.74. The molecule has 0 spiro atoms. The third-order valence-electron chi connectivity index (χ3n) is 4.84. The summed E-state index contributed by atoms with van der Waals surface area (Å²) in [7, 11) is 2.00. The molecule has 112 valence electrons. The maximum absolute atomic E-state index is 12.2. The Morgan fingerprint density at radius 2 is 2.05 bits per heavy atom. The number of ether oxygens (including phenoxy) is 3. The van der Waals surface area contributed by atoms with Crippen LogP contribution in [0.15, 0.2) is 30.3 Å². The van der Waals surface area contributed by atoms with Crippen LogP contribution in [0.4, 0.5) is 0 Å². The zero-order valence-electron chi connectivity index (χ0n) is 12.7. The number of hydrogen-bond donors (Lipinski definition) is 0. The Bertz CT molecular complexity index is 520. The smallest absolute Gasteiger partial charge is 0.309 e. The minimum absolute atomic E-state index is 0.0399. The molecule has 2 fully saturated rings. The molecule has 4 nitrogen and oxygen atoms in total. The number of benzene rings is 1. The molecule has 5 atom stereocenters. The standard InChI is InChI=1S/C16H21BO4/c1-10-14-15(17)21-16(10,11(2)20-14)8-13(18)19-9-12-6-4-3-5-7-12/h3-7,10-11,14-15H,8-9,17H2,1-2H3/t10?,11-,14+,15-,16-/m1/s1. The molecule has 0 aromatic heterocycles. The van der Waals surface area contributed by atoms with E-state index in [9.17, 15) is 4.79 Å². The summed E-state index contributed by atoms with van der Waals surface area (Å²) in [4.78, 5) is 12.2. The summed E-state index contributed by atoms with van der Waals surface area (Å²) in [5.74, 6) is -0.0114. The van der Waals surface area contributed by atoms with E-state index in [0.717, 1.165) is 5.56 Å². The van der Waals surface area contributed by atoms with Gasteiger partial charge in [-0.05, 0) is 12.5 Å². The van der Waals surface area contributed by atoms with E-state index >= 15 is 0 Å². The van der Waals surface area contributed by atoms with Crippen LogP contribution in [0.5, 0.6) is 0 Å². The summed E-state index contributed by atoms with van der Waals surface area (Å²) in [6.45, 7) is 4.38. The molecule has 2 bridgehead atoms. The second kappa shape index (κ2) is 5.46. The molecule has 21 heavy (non-hydrogen) atoms. The van der Waals surface area contributed by atoms with Gasteiger partial charge < -0.3 is 14.2 Å². The Labute approximate surface area is 126 Å². The van der Waals surface area contributed by atoms with Crippen LogP contribution in [0.1, 0.15) is 25.8 Å². The largest absolute Gasteiger partial charge is 0.461 e. The second-order valence-corrected chi connectivity index (χ2v) is 6.13. The predicted molar refractivity (Wildman–Crippen MR) is 80.5 cm³/mol. The lowest BCUT2D eigenvalue weighted by atomic mass is 9.82. The Morgan fingerprint density at radius 3 is 2.67 bits per heavy atom. The van der Waals surface area contributed by atoms with Crippen LogP contribution in [-0.2, 0) is 25.6 Å². The van der Waals surface area contributed by atoms with Crippen LogP contribution in [-0.4, -0.2) is 37.6 Å². The fourth-order valence-corrected chi connectivity index (χ4v) is 3.61. The van der Waals surface area contributed by atoms with Gasteiger partial charge in [0.15, 0.2) is 0 Å². The minimum Gasteiger partial charge on any atom is -0.461 e. The number of rotatable bonds is 4. The summed E-state index contributed by atoms with van der Waals surface area (Å²) >= 11 is 0. The van der Waals surface area contributed by atoms with Crippen molar-refractivity contribution in [1.82, 2.24) is 0 Å². The lowest BCUT2D eigenvalue weighted by molar-refractivity contribution is -0.175. The van der Waals surface area contributed by atoms with Crippen LogP contribution in [0.25, 0.3) is 0 Å². The van der Waals surface area contributed by atoms with Crippen LogP contribution < -0.4 is 0 Å². The highest BCUT2D eigenvalue weighted by molar-refractivity contribution is 6.11. The molecule has 2 saturated heterocycles. The number of esters is 1. The number of hydrogen-bond acceptors (Lipinski definition) is 4. The van der Waals surface area contributed by atoms with Crippen LogP contribution in [0, 0.1) is 5.92 Å². The molecule has 0 N–H and O–H groups in total. The van der Waals surface area contributed by atoms with Gasteiger partial charge in [0.05, 0.1) is 24.6 Å². The Balaban J connectivity index is 1.62. The van der Waals surface area contributed by atoms with Gasteiger partial charge >= 0.3 is 5.97 Å². The lowest BCUT2D eigenvalue weighted by Gasteiger charge is -2.35. The zero-order chi connectivity index (χ0) is 15.0. The van der Waals surface area contributed by atoms with E-state index in [1.54, 1.807) is 0 Å². The van der Waals surface area contributed by atoms with Crippen molar-refractivity contribution in [3.05, 3.63) is 35.9 Å². The molecule has 0 amide bonds. The molecule has 5 heteroatoms. The molecular formula is C16H21BO4. The van der Waals surface area contributed by atoms with Gasteiger partial charge in [-0.3, -0.25) is 4.79 Å². The van der Waals surface area contributed by atoms with Crippen molar-refractivity contribution in [2.45, 2.75) is 50.7 Å². The van der Waals surface area contributed by atoms with E-state index < -0.39 is 5.60 Å². The highest BCUT2D eigenvalue weighted by atomic mass is 16.6. The van der Waals surface area contributed by atoms with Gasteiger partial charge in [0, 0.05) is 5.92 Å². The summed E-state index contributed by atoms with van der Waals surface area (Å²) in [5, 5.41) is 0. The number of fused-ring (bicyclic) bond motifs is 2. The molecule has 2 heterocycles. The zero-order valence-corrected chi connectivity index (χ0v) is 12.7. The van der Waals surface area contributed by atoms with E-state index in [1.165, 1.54) is 0 Å². The van der Waals surface area contributed by atoms with Crippen LogP contribution in [0.3, 0.4) is 0 Å². The van der Waals surface area contributed by atoms with E-state index in [0.29, 0.717) is 6.61 Å². The Morgan fingerprint density at radius 1 is 1.33 bits per heavy atom. The lowest BCUT2D eigenvalue weighted by Crippen LogP contribution is -2.46. The fourth-order valence-electron chi connectivity index (χ4n) is 3.61. The van der Waals surface area contributed by atoms with Crippen molar-refractivity contribution in [2.24, 2.45) is 5.92 Å². The highest BCUT2D eigenvalue weighted by Crippen LogP contribution is 2.49.